The van der Waals surface area contributed by atoms with Crippen molar-refractivity contribution < 1.29 is 17.9 Å². The van der Waals surface area contributed by atoms with E-state index >= 15 is 0 Å². The molecule has 36 heavy (non-hydrogen) atoms. The van der Waals surface area contributed by atoms with Crippen molar-refractivity contribution in [2.24, 2.45) is 22.6 Å². The third-order valence-corrected chi connectivity index (χ3v) is 7.54. The molecular formula is C26H33BrF3N5O. The number of aliphatic imine (C=N–C) groups is 1. The van der Waals surface area contributed by atoms with Crippen molar-refractivity contribution in [3.63, 3.8) is 0 Å². The number of aryl methyl sites for hydroxylation is 1. The Balaban J connectivity index is 1.21. The van der Waals surface area contributed by atoms with Gasteiger partial charge in [-0.1, -0.05) is 34.1 Å². The summed E-state index contributed by atoms with van der Waals surface area (Å²) in [7, 11) is 1.77. The van der Waals surface area contributed by atoms with Gasteiger partial charge >= 0.3 is 6.36 Å². The molecule has 1 unspecified atom stereocenters. The third-order valence-electron chi connectivity index (χ3n) is 7.05. The minimum absolute atomic E-state index is 0.144. The number of amidine groups is 1. The van der Waals surface area contributed by atoms with Crippen LogP contribution >= 0.6 is 15.9 Å². The monoisotopic (exact) mass is 567 g/mol. The summed E-state index contributed by atoms with van der Waals surface area (Å²) in [6.45, 7) is 1.63. The zero-order chi connectivity index (χ0) is 25.8. The summed E-state index contributed by atoms with van der Waals surface area (Å²) < 4.78 is 42.9. The van der Waals surface area contributed by atoms with Crippen LogP contribution in [0.25, 0.3) is 0 Å². The van der Waals surface area contributed by atoms with Crippen LogP contribution in [0.3, 0.4) is 0 Å². The number of hydrogen-bond donors (Lipinski definition) is 4. The van der Waals surface area contributed by atoms with Crippen LogP contribution in [0.5, 0.6) is 5.75 Å². The molecule has 1 heterocycles. The fourth-order valence-corrected chi connectivity index (χ4v) is 5.52. The van der Waals surface area contributed by atoms with Crippen LogP contribution in [-0.2, 0) is 6.42 Å². The van der Waals surface area contributed by atoms with Crippen molar-refractivity contribution in [3.05, 3.63) is 58.1 Å². The SMILES string of the molecule is CN=C1NC(N)(C2CCC(CNCCCc3ccc(Br)cc3OC(F)(F)F)CC2)Nc2ccccc21. The molecule has 1 aliphatic carbocycles. The maximum Gasteiger partial charge on any atom is 0.573 e. The Morgan fingerprint density at radius 1 is 1.14 bits per heavy atom. The lowest BCUT2D eigenvalue weighted by atomic mass is 9.77. The fraction of sp³-hybridized carbons (Fsp3) is 0.500. The number of hydrogen-bond acceptors (Lipinski definition) is 5. The summed E-state index contributed by atoms with van der Waals surface area (Å²) in [5.74, 6) is 0.753. The number of anilines is 1. The number of halogens is 4. The van der Waals surface area contributed by atoms with Crippen LogP contribution in [0.2, 0.25) is 0 Å². The second-order valence-corrected chi connectivity index (χ2v) is 10.5. The molecule has 2 aromatic carbocycles. The molecule has 0 radical (unpaired) electrons. The van der Waals surface area contributed by atoms with Crippen molar-refractivity contribution in [2.75, 3.05) is 25.5 Å². The van der Waals surface area contributed by atoms with Crippen molar-refractivity contribution in [1.82, 2.24) is 10.6 Å². The highest BCUT2D eigenvalue weighted by Crippen LogP contribution is 2.36. The van der Waals surface area contributed by atoms with E-state index in [0.717, 1.165) is 62.3 Å². The van der Waals surface area contributed by atoms with Crippen molar-refractivity contribution >= 4 is 27.5 Å². The van der Waals surface area contributed by atoms with Crippen LogP contribution in [0, 0.1) is 11.8 Å². The molecule has 10 heteroatoms. The van der Waals surface area contributed by atoms with Crippen LogP contribution in [0.1, 0.15) is 43.2 Å². The first kappa shape index (κ1) is 26.8. The summed E-state index contributed by atoms with van der Waals surface area (Å²) in [6.07, 6.45) is 0.661. The van der Waals surface area contributed by atoms with Gasteiger partial charge in [-0.15, -0.1) is 13.2 Å². The fourth-order valence-electron chi connectivity index (χ4n) is 5.18. The Kier molecular flexibility index (Phi) is 8.47. The van der Waals surface area contributed by atoms with E-state index in [-0.39, 0.29) is 11.7 Å². The van der Waals surface area contributed by atoms with Gasteiger partial charge in [0.2, 0.25) is 0 Å². The van der Waals surface area contributed by atoms with Gasteiger partial charge in [0.25, 0.3) is 0 Å². The summed E-state index contributed by atoms with van der Waals surface area (Å²) in [5.41, 5.74) is 9.39. The number of nitrogens with one attached hydrogen (secondary N) is 3. The summed E-state index contributed by atoms with van der Waals surface area (Å²) >= 11 is 3.21. The Labute approximate surface area is 218 Å². The zero-order valence-electron chi connectivity index (χ0n) is 20.3. The highest BCUT2D eigenvalue weighted by Gasteiger charge is 2.41. The number of benzene rings is 2. The van der Waals surface area contributed by atoms with Crippen LogP contribution in [0.15, 0.2) is 51.9 Å². The van der Waals surface area contributed by atoms with Gasteiger partial charge in [-0.05, 0) is 87.4 Å². The van der Waals surface area contributed by atoms with Crippen LogP contribution in [0.4, 0.5) is 18.9 Å². The predicted octanol–water partition coefficient (Wildman–Crippen LogP) is 5.38. The van der Waals surface area contributed by atoms with E-state index in [4.69, 9.17) is 5.73 Å². The van der Waals surface area contributed by atoms with E-state index < -0.39 is 12.1 Å². The molecule has 2 aromatic rings. The zero-order valence-corrected chi connectivity index (χ0v) is 21.9. The molecule has 6 nitrogen and oxygen atoms in total. The first-order valence-corrected chi connectivity index (χ1v) is 13.1. The minimum atomic E-state index is -4.70. The maximum absolute atomic E-state index is 12.7. The van der Waals surface area contributed by atoms with Gasteiger partial charge in [0.05, 0.1) is 0 Å². The first-order valence-electron chi connectivity index (χ1n) is 12.3. The summed E-state index contributed by atoms with van der Waals surface area (Å²) in [4.78, 5) is 4.41. The van der Waals surface area contributed by atoms with E-state index in [0.29, 0.717) is 22.4 Å². The van der Waals surface area contributed by atoms with Gasteiger partial charge in [0, 0.05) is 28.7 Å². The Bertz CT molecular complexity index is 1070. The topological polar surface area (TPSA) is 83.7 Å². The number of nitrogens with two attached hydrogens (primary N) is 1. The molecule has 0 aromatic heterocycles. The number of para-hydroxylation sites is 1. The largest absolute Gasteiger partial charge is 0.573 e. The molecule has 1 fully saturated rings. The quantitative estimate of drug-likeness (QED) is 0.322. The molecule has 1 aliphatic heterocycles. The first-order chi connectivity index (χ1) is 17.2. The molecule has 196 valence electrons. The maximum atomic E-state index is 12.7. The summed E-state index contributed by atoms with van der Waals surface area (Å²) in [5, 5.41) is 10.4. The molecule has 0 saturated heterocycles. The van der Waals surface area contributed by atoms with Gasteiger partial charge < -0.3 is 20.7 Å². The second-order valence-electron chi connectivity index (χ2n) is 9.56. The normalized spacial score (nSPS) is 25.1. The second kappa shape index (κ2) is 11.4. The summed E-state index contributed by atoms with van der Waals surface area (Å²) in [6, 6.07) is 12.8. The molecule has 0 spiro atoms. The van der Waals surface area contributed by atoms with E-state index in [1.807, 2.05) is 24.3 Å². The smallest absolute Gasteiger partial charge is 0.405 e. The highest BCUT2D eigenvalue weighted by molar-refractivity contribution is 9.10. The molecule has 0 bridgehead atoms. The van der Waals surface area contributed by atoms with Crippen molar-refractivity contribution in [3.8, 4) is 5.75 Å². The van der Waals surface area contributed by atoms with E-state index in [1.54, 1.807) is 19.2 Å². The van der Waals surface area contributed by atoms with Crippen molar-refractivity contribution in [2.45, 2.75) is 50.7 Å². The van der Waals surface area contributed by atoms with Gasteiger partial charge in [-0.25, -0.2) is 0 Å². The molecule has 1 saturated carbocycles. The Morgan fingerprint density at radius 3 is 2.61 bits per heavy atom. The van der Waals surface area contributed by atoms with Crippen LogP contribution in [-0.4, -0.2) is 38.1 Å². The van der Waals surface area contributed by atoms with Gasteiger partial charge in [0.1, 0.15) is 11.6 Å². The highest BCUT2D eigenvalue weighted by atomic mass is 79.9. The molecular weight excluding hydrogens is 535 g/mol. The number of rotatable bonds is 8. The predicted molar refractivity (Wildman–Crippen MR) is 140 cm³/mol. The third kappa shape index (κ3) is 6.72. The average Bonchev–Trinajstić information content (AvgIpc) is 2.84. The molecule has 2 aliphatic rings. The van der Waals surface area contributed by atoms with Gasteiger partial charge in [0.15, 0.2) is 5.79 Å². The van der Waals surface area contributed by atoms with Gasteiger partial charge in [-0.3, -0.25) is 10.7 Å². The van der Waals surface area contributed by atoms with Crippen molar-refractivity contribution in [1.29, 1.82) is 0 Å². The standard InChI is InChI=1S/C26H33BrF3N5O/c1-32-24-21-6-2-3-7-22(21)34-25(31,35-24)19-11-8-17(9-12-19)16-33-14-4-5-18-10-13-20(27)15-23(18)36-26(28,29)30/h2-3,6-7,10,13,15,17,19,33-34H,4-5,8-9,11-12,14,16,31H2,1H3,(H,32,35). The lowest BCUT2D eigenvalue weighted by molar-refractivity contribution is -0.274. The van der Waals surface area contributed by atoms with E-state index in [2.05, 4.69) is 41.6 Å². The van der Waals surface area contributed by atoms with E-state index in [1.165, 1.54) is 6.07 Å². The molecule has 4 rings (SSSR count). The lowest BCUT2D eigenvalue weighted by Gasteiger charge is -2.46. The molecule has 1 atom stereocenters. The number of nitrogens with zero attached hydrogens (tertiary/aromatic N) is 1. The van der Waals surface area contributed by atoms with Crippen LogP contribution < -0.4 is 26.4 Å². The molecule has 0 amide bonds. The number of alkyl halides is 3. The number of fused-ring (bicyclic) bond motifs is 1. The van der Waals surface area contributed by atoms with Gasteiger partial charge in [-0.2, -0.15) is 0 Å². The number of ether oxygens (including phenoxy) is 1. The average molecular weight is 568 g/mol. The molecule has 5 N–H and O–H groups in total. The minimum Gasteiger partial charge on any atom is -0.405 e. The Morgan fingerprint density at radius 2 is 1.89 bits per heavy atom. The Hall–Kier alpha value is -2.30. The van der Waals surface area contributed by atoms with E-state index in [9.17, 15) is 13.2 Å². The lowest BCUT2D eigenvalue weighted by Crippen LogP contribution is -2.68.